The Morgan fingerprint density at radius 3 is 2.29 bits per heavy atom. The summed E-state index contributed by atoms with van der Waals surface area (Å²) in [7, 11) is 2.89. The molecule has 0 saturated carbocycles. The highest BCUT2D eigenvalue weighted by molar-refractivity contribution is 9.10. The van der Waals surface area contributed by atoms with Gasteiger partial charge in [-0.25, -0.2) is 9.97 Å². The lowest BCUT2D eigenvalue weighted by Crippen LogP contribution is -2.11. The molecule has 3 aromatic rings. The number of alkyl halides is 3. The number of benzene rings is 2. The molecule has 0 aliphatic rings. The molecule has 0 amide bonds. The minimum absolute atomic E-state index is 0.0573. The van der Waals surface area contributed by atoms with Crippen molar-refractivity contribution in [2.75, 3.05) is 20.0 Å². The summed E-state index contributed by atoms with van der Waals surface area (Å²) in [4.78, 5) is 20.2. The summed E-state index contributed by atoms with van der Waals surface area (Å²) in [5, 5.41) is -0.148. The lowest BCUT2D eigenvalue weighted by molar-refractivity contribution is -0.141. The van der Waals surface area contributed by atoms with Crippen LogP contribution in [0, 0.1) is 0 Å². The summed E-state index contributed by atoms with van der Waals surface area (Å²) in [5.74, 6) is 0.443. The molecule has 0 atom stereocenters. The number of Topliss-reactive ketones (excluding diaryl/α,β-unsaturated/α-hetero) is 1. The Hall–Kier alpha value is -2.59. The maximum Gasteiger partial charge on any atom is 0.433 e. The van der Waals surface area contributed by atoms with E-state index in [-0.39, 0.29) is 22.4 Å². The fourth-order valence-corrected chi connectivity index (χ4v) is 3.64. The minimum atomic E-state index is -4.67. The molecule has 0 fully saturated rings. The van der Waals surface area contributed by atoms with Crippen LogP contribution in [0.1, 0.15) is 16.1 Å². The minimum Gasteiger partial charge on any atom is -0.493 e. The van der Waals surface area contributed by atoms with Crippen LogP contribution in [0.4, 0.5) is 13.2 Å². The largest absolute Gasteiger partial charge is 0.493 e. The second-order valence-corrected chi connectivity index (χ2v) is 8.07. The Morgan fingerprint density at radius 1 is 1.00 bits per heavy atom. The number of rotatable bonds is 7. The Kier molecular flexibility index (Phi) is 7.22. The average Bonchev–Trinajstić information content (AvgIpc) is 2.76. The van der Waals surface area contributed by atoms with E-state index in [0.717, 1.165) is 22.3 Å². The monoisotopic (exact) mass is 512 g/mol. The van der Waals surface area contributed by atoms with Crippen molar-refractivity contribution in [3.05, 3.63) is 64.3 Å². The smallest absolute Gasteiger partial charge is 0.433 e. The molecule has 10 heteroatoms. The van der Waals surface area contributed by atoms with Gasteiger partial charge in [-0.05, 0) is 36.4 Å². The molecule has 0 bridgehead atoms. The number of ether oxygens (including phenoxy) is 2. The fraction of sp³-hybridized carbons (Fsp3) is 0.190. The first-order valence-electron chi connectivity index (χ1n) is 8.81. The van der Waals surface area contributed by atoms with Crippen LogP contribution in [0.3, 0.4) is 0 Å². The molecule has 1 heterocycles. The van der Waals surface area contributed by atoms with Crippen molar-refractivity contribution in [1.29, 1.82) is 0 Å². The maximum absolute atomic E-state index is 13.4. The number of thioether (sulfide) groups is 1. The normalized spacial score (nSPS) is 11.3. The van der Waals surface area contributed by atoms with Crippen LogP contribution in [-0.2, 0) is 6.18 Å². The summed E-state index contributed by atoms with van der Waals surface area (Å²) in [5.41, 5.74) is -0.192. The topological polar surface area (TPSA) is 61.3 Å². The van der Waals surface area contributed by atoms with E-state index in [1.807, 2.05) is 0 Å². The molecule has 0 spiro atoms. The number of carbonyl (C=O) groups excluding carboxylic acids is 1. The first kappa shape index (κ1) is 23.1. The van der Waals surface area contributed by atoms with Crippen molar-refractivity contribution in [3.8, 4) is 22.8 Å². The van der Waals surface area contributed by atoms with Gasteiger partial charge in [0.05, 0.1) is 25.7 Å². The van der Waals surface area contributed by atoms with Crippen molar-refractivity contribution >= 4 is 33.5 Å². The molecule has 0 aliphatic heterocycles. The molecule has 31 heavy (non-hydrogen) atoms. The van der Waals surface area contributed by atoms with Gasteiger partial charge in [0.2, 0.25) is 0 Å². The third-order valence-corrected chi connectivity index (χ3v) is 5.55. The van der Waals surface area contributed by atoms with E-state index in [0.29, 0.717) is 22.6 Å². The number of nitrogens with zero attached hydrogens (tertiary/aromatic N) is 2. The van der Waals surface area contributed by atoms with Crippen LogP contribution >= 0.6 is 27.7 Å². The number of methoxy groups -OCH3 is 2. The molecular weight excluding hydrogens is 497 g/mol. The lowest BCUT2D eigenvalue weighted by atomic mass is 10.1. The van der Waals surface area contributed by atoms with Gasteiger partial charge in [-0.3, -0.25) is 4.79 Å². The SMILES string of the molecule is COc1ccc(-c2cc(C(F)(F)F)nc(SCC(=O)c3ccc(Br)cc3)n2)cc1OC. The predicted octanol–water partition coefficient (Wildman–Crippen LogP) is 5.92. The zero-order valence-electron chi connectivity index (χ0n) is 16.4. The molecule has 0 radical (unpaired) electrons. The van der Waals surface area contributed by atoms with Gasteiger partial charge in [-0.1, -0.05) is 39.8 Å². The van der Waals surface area contributed by atoms with Crippen molar-refractivity contribution in [1.82, 2.24) is 9.97 Å². The van der Waals surface area contributed by atoms with Gasteiger partial charge in [-0.15, -0.1) is 0 Å². The highest BCUT2D eigenvalue weighted by atomic mass is 79.9. The Morgan fingerprint density at radius 2 is 1.68 bits per heavy atom. The Labute approximate surface area is 189 Å². The van der Waals surface area contributed by atoms with Crippen LogP contribution in [-0.4, -0.2) is 35.7 Å². The predicted molar refractivity (Wildman–Crippen MR) is 115 cm³/mol. The second-order valence-electron chi connectivity index (χ2n) is 6.21. The second kappa shape index (κ2) is 9.69. The Balaban J connectivity index is 1.92. The van der Waals surface area contributed by atoms with Gasteiger partial charge in [0, 0.05) is 15.6 Å². The molecule has 0 N–H and O–H groups in total. The first-order chi connectivity index (χ1) is 14.7. The number of hydrogen-bond acceptors (Lipinski definition) is 6. The highest BCUT2D eigenvalue weighted by Crippen LogP contribution is 2.35. The molecule has 0 saturated heterocycles. The van der Waals surface area contributed by atoms with E-state index in [2.05, 4.69) is 25.9 Å². The van der Waals surface area contributed by atoms with Crippen LogP contribution in [0.15, 0.2) is 58.2 Å². The zero-order chi connectivity index (χ0) is 22.6. The molecule has 0 aliphatic carbocycles. The van der Waals surface area contributed by atoms with Crippen LogP contribution in [0.25, 0.3) is 11.3 Å². The number of carbonyl (C=O) groups is 1. The molecule has 1 aromatic heterocycles. The molecular formula is C21H16BrF3N2O3S. The Bertz CT molecular complexity index is 1090. The van der Waals surface area contributed by atoms with Crippen molar-refractivity contribution in [3.63, 3.8) is 0 Å². The zero-order valence-corrected chi connectivity index (χ0v) is 18.8. The summed E-state index contributed by atoms with van der Waals surface area (Å²) >= 11 is 4.13. The van der Waals surface area contributed by atoms with Gasteiger partial charge >= 0.3 is 6.18 Å². The standard InChI is InChI=1S/C21H16BrF3N2O3S/c1-29-17-8-5-13(9-18(17)30-2)15-10-19(21(23,24)25)27-20(26-15)31-11-16(28)12-3-6-14(22)7-4-12/h3-10H,11H2,1-2H3. The first-order valence-corrected chi connectivity index (χ1v) is 10.6. The van der Waals surface area contributed by atoms with Gasteiger partial charge in [-0.2, -0.15) is 13.2 Å². The van der Waals surface area contributed by atoms with Crippen molar-refractivity contribution in [2.24, 2.45) is 0 Å². The van der Waals surface area contributed by atoms with E-state index in [1.165, 1.54) is 20.3 Å². The van der Waals surface area contributed by atoms with Gasteiger partial charge in [0.15, 0.2) is 22.4 Å². The van der Waals surface area contributed by atoms with Crippen LogP contribution in [0.2, 0.25) is 0 Å². The van der Waals surface area contributed by atoms with Crippen molar-refractivity contribution < 1.29 is 27.4 Å². The fourth-order valence-electron chi connectivity index (χ4n) is 2.63. The third-order valence-electron chi connectivity index (χ3n) is 4.17. The molecule has 2 aromatic carbocycles. The number of hydrogen-bond donors (Lipinski definition) is 0. The summed E-state index contributed by atoms with van der Waals surface area (Å²) in [6.45, 7) is 0. The van der Waals surface area contributed by atoms with Crippen molar-refractivity contribution in [2.45, 2.75) is 11.3 Å². The van der Waals surface area contributed by atoms with Gasteiger partial charge < -0.3 is 9.47 Å². The molecule has 162 valence electrons. The van der Waals surface area contributed by atoms with E-state index in [9.17, 15) is 18.0 Å². The molecule has 0 unspecified atom stereocenters. The lowest BCUT2D eigenvalue weighted by Gasteiger charge is -2.12. The van der Waals surface area contributed by atoms with E-state index >= 15 is 0 Å². The number of aromatic nitrogens is 2. The number of halogens is 4. The van der Waals surface area contributed by atoms with Gasteiger partial charge in [0.1, 0.15) is 5.69 Å². The van der Waals surface area contributed by atoms with Gasteiger partial charge in [0.25, 0.3) is 0 Å². The van der Waals surface area contributed by atoms with E-state index in [1.54, 1.807) is 36.4 Å². The summed E-state index contributed by atoms with van der Waals surface area (Å²) in [6, 6.07) is 12.2. The van der Waals surface area contributed by atoms with Crippen LogP contribution in [0.5, 0.6) is 11.5 Å². The summed E-state index contributed by atoms with van der Waals surface area (Å²) in [6.07, 6.45) is -4.67. The molecule has 5 nitrogen and oxygen atoms in total. The average molecular weight is 513 g/mol. The number of ketones is 1. The quantitative estimate of drug-likeness (QED) is 0.222. The maximum atomic E-state index is 13.4. The molecule has 3 rings (SSSR count). The third kappa shape index (κ3) is 5.76. The van der Waals surface area contributed by atoms with E-state index < -0.39 is 11.9 Å². The van der Waals surface area contributed by atoms with E-state index in [4.69, 9.17) is 9.47 Å². The summed E-state index contributed by atoms with van der Waals surface area (Å²) < 4.78 is 51.4. The van der Waals surface area contributed by atoms with Crippen LogP contribution < -0.4 is 9.47 Å². The highest BCUT2D eigenvalue weighted by Gasteiger charge is 2.34.